The minimum Gasteiger partial charge on any atom is -0.508 e. The molecule has 12 N–H and O–H groups in total. The van der Waals surface area contributed by atoms with Crippen molar-refractivity contribution >= 4 is 35.5 Å². The van der Waals surface area contributed by atoms with E-state index in [0.29, 0.717) is 5.56 Å². The van der Waals surface area contributed by atoms with Gasteiger partial charge in [0.25, 0.3) is 0 Å². The summed E-state index contributed by atoms with van der Waals surface area (Å²) in [6, 6.07) is -0.0675. The molecule has 0 aromatic heterocycles. The number of phenolic OH excluding ortho intramolecular Hbond substituents is 1. The number of hydrogen-bond acceptors (Lipinski definition) is 9. The highest BCUT2D eigenvalue weighted by Crippen LogP contribution is 2.11. The number of carboxylic acids is 1. The molecule has 0 saturated carbocycles. The van der Waals surface area contributed by atoms with Gasteiger partial charge < -0.3 is 48.5 Å². The second-order valence-corrected chi connectivity index (χ2v) is 8.34. The quantitative estimate of drug-likeness (QED) is 0.108. The van der Waals surface area contributed by atoms with E-state index in [0.717, 1.165) is 6.92 Å². The molecular weight excluding hydrogens is 492 g/mol. The van der Waals surface area contributed by atoms with Gasteiger partial charge in [-0.2, -0.15) is 0 Å². The fraction of sp³-hybridized carbons (Fsp3) is 0.455. The van der Waals surface area contributed by atoms with Gasteiger partial charge in [0.1, 0.15) is 17.8 Å². The lowest BCUT2D eigenvalue weighted by molar-refractivity contribution is -0.145. The first-order valence-electron chi connectivity index (χ1n) is 11.1. The number of hydrogen-bond donors (Lipinski definition) is 9. The molecular formula is C22H32N6O9. The van der Waals surface area contributed by atoms with Crippen molar-refractivity contribution in [1.29, 1.82) is 0 Å². The molecule has 0 fully saturated rings. The average molecular weight is 525 g/mol. The Bertz CT molecular complexity index is 999. The molecule has 37 heavy (non-hydrogen) atoms. The van der Waals surface area contributed by atoms with Crippen LogP contribution >= 0.6 is 0 Å². The lowest BCUT2D eigenvalue weighted by Crippen LogP contribution is -2.59. The van der Waals surface area contributed by atoms with Gasteiger partial charge in [-0.25, -0.2) is 4.79 Å². The highest BCUT2D eigenvalue weighted by molar-refractivity contribution is 5.96. The van der Waals surface area contributed by atoms with Crippen molar-refractivity contribution in [3.05, 3.63) is 29.8 Å². The van der Waals surface area contributed by atoms with E-state index >= 15 is 0 Å². The number of nitrogens with two attached hydrogens (primary N) is 3. The number of amides is 5. The molecule has 1 aromatic carbocycles. The second kappa shape index (κ2) is 14.4. The molecule has 15 nitrogen and oxygen atoms in total. The zero-order valence-electron chi connectivity index (χ0n) is 20.0. The van der Waals surface area contributed by atoms with Crippen molar-refractivity contribution < 1.29 is 44.1 Å². The number of primary amides is 2. The summed E-state index contributed by atoms with van der Waals surface area (Å²) in [5.41, 5.74) is 16.8. The number of phenols is 1. The topological polar surface area (TPSA) is 277 Å². The van der Waals surface area contributed by atoms with Crippen molar-refractivity contribution in [2.24, 2.45) is 17.2 Å². The Morgan fingerprint density at radius 3 is 1.89 bits per heavy atom. The Morgan fingerprint density at radius 1 is 0.865 bits per heavy atom. The number of rotatable bonds is 15. The van der Waals surface area contributed by atoms with Gasteiger partial charge in [-0.1, -0.05) is 12.1 Å². The zero-order valence-corrected chi connectivity index (χ0v) is 20.0. The standard InChI is InChI=1S/C22H32N6O9/c1-10(29)18(22(36)37)28-21(35)15(9-17(25)32)27-20(34)14(6-7-16(24)31)26-19(33)13(23)8-11-2-4-12(30)5-3-11/h2-5,10,13-15,18,29-30H,6-9,23H2,1H3,(H2,24,31)(H2,25,32)(H,26,33)(H,27,34)(H,28,35)(H,36,37). The van der Waals surface area contributed by atoms with E-state index in [9.17, 15) is 39.0 Å². The van der Waals surface area contributed by atoms with Crippen LogP contribution in [0, 0.1) is 0 Å². The second-order valence-electron chi connectivity index (χ2n) is 8.34. The maximum atomic E-state index is 12.9. The zero-order chi connectivity index (χ0) is 28.3. The molecule has 5 amide bonds. The molecule has 0 bridgehead atoms. The predicted molar refractivity (Wildman–Crippen MR) is 127 cm³/mol. The summed E-state index contributed by atoms with van der Waals surface area (Å²) in [5, 5.41) is 34.6. The van der Waals surface area contributed by atoms with E-state index in [1.54, 1.807) is 12.1 Å². The van der Waals surface area contributed by atoms with Crippen LogP contribution in [-0.2, 0) is 35.2 Å². The van der Waals surface area contributed by atoms with Crippen molar-refractivity contribution in [3.63, 3.8) is 0 Å². The van der Waals surface area contributed by atoms with Crippen LogP contribution in [0.25, 0.3) is 0 Å². The summed E-state index contributed by atoms with van der Waals surface area (Å²) in [7, 11) is 0. The van der Waals surface area contributed by atoms with Crippen LogP contribution in [0.3, 0.4) is 0 Å². The third-order valence-corrected chi connectivity index (χ3v) is 5.13. The highest BCUT2D eigenvalue weighted by atomic mass is 16.4. The number of carboxylic acid groups (broad SMARTS) is 1. The summed E-state index contributed by atoms with van der Waals surface area (Å²) >= 11 is 0. The SMILES string of the molecule is CC(O)C(NC(=O)C(CC(N)=O)NC(=O)C(CCC(N)=O)NC(=O)C(N)Cc1ccc(O)cc1)C(=O)O. The van der Waals surface area contributed by atoms with Crippen LogP contribution in [0.15, 0.2) is 24.3 Å². The highest BCUT2D eigenvalue weighted by Gasteiger charge is 2.32. The number of carbonyl (C=O) groups is 6. The fourth-order valence-corrected chi connectivity index (χ4v) is 3.14. The molecule has 15 heteroatoms. The molecule has 0 heterocycles. The molecule has 0 aliphatic carbocycles. The molecule has 204 valence electrons. The Balaban J connectivity index is 3.01. The van der Waals surface area contributed by atoms with Gasteiger partial charge in [0.2, 0.25) is 29.5 Å². The maximum absolute atomic E-state index is 12.9. The van der Waals surface area contributed by atoms with Gasteiger partial charge in [0.15, 0.2) is 6.04 Å². The molecule has 0 radical (unpaired) electrons. The minimum atomic E-state index is -1.75. The van der Waals surface area contributed by atoms with Gasteiger partial charge >= 0.3 is 5.97 Å². The first kappa shape index (κ1) is 30.8. The van der Waals surface area contributed by atoms with Crippen LogP contribution in [0.4, 0.5) is 0 Å². The number of aliphatic carboxylic acids is 1. The molecule has 0 spiro atoms. The van der Waals surface area contributed by atoms with E-state index in [2.05, 4.69) is 10.6 Å². The van der Waals surface area contributed by atoms with Crippen molar-refractivity contribution in [2.75, 3.05) is 0 Å². The third kappa shape index (κ3) is 10.9. The van der Waals surface area contributed by atoms with E-state index in [-0.39, 0.29) is 25.0 Å². The molecule has 1 aromatic rings. The first-order valence-corrected chi connectivity index (χ1v) is 11.1. The van der Waals surface area contributed by atoms with E-state index in [1.165, 1.54) is 12.1 Å². The van der Waals surface area contributed by atoms with Crippen molar-refractivity contribution in [2.45, 2.75) is 62.9 Å². The third-order valence-electron chi connectivity index (χ3n) is 5.13. The summed E-state index contributed by atoms with van der Waals surface area (Å²) in [5.74, 6) is -6.27. The van der Waals surface area contributed by atoms with Gasteiger partial charge in [-0.15, -0.1) is 0 Å². The average Bonchev–Trinajstić information content (AvgIpc) is 2.79. The predicted octanol–water partition coefficient (Wildman–Crippen LogP) is -3.68. The van der Waals surface area contributed by atoms with Crippen LogP contribution < -0.4 is 33.2 Å². The van der Waals surface area contributed by atoms with E-state index in [4.69, 9.17) is 22.3 Å². The summed E-state index contributed by atoms with van der Waals surface area (Å²) < 4.78 is 0. The summed E-state index contributed by atoms with van der Waals surface area (Å²) in [4.78, 5) is 72.1. The lowest BCUT2D eigenvalue weighted by atomic mass is 10.0. The monoisotopic (exact) mass is 524 g/mol. The Morgan fingerprint density at radius 2 is 1.41 bits per heavy atom. The number of carbonyl (C=O) groups excluding carboxylic acids is 5. The molecule has 1 rings (SSSR count). The van der Waals surface area contributed by atoms with Gasteiger partial charge in [0, 0.05) is 6.42 Å². The Labute approximate surface area is 211 Å². The number of benzene rings is 1. The van der Waals surface area contributed by atoms with Gasteiger partial charge in [0.05, 0.1) is 18.6 Å². The molecule has 0 aliphatic rings. The van der Waals surface area contributed by atoms with E-state index in [1.807, 2.05) is 5.32 Å². The molecule has 0 aliphatic heterocycles. The number of nitrogens with one attached hydrogen (secondary N) is 3. The molecule has 5 atom stereocenters. The maximum Gasteiger partial charge on any atom is 0.328 e. The fourth-order valence-electron chi connectivity index (χ4n) is 3.14. The van der Waals surface area contributed by atoms with Crippen molar-refractivity contribution in [3.8, 4) is 5.75 Å². The summed E-state index contributed by atoms with van der Waals surface area (Å²) in [6.07, 6.45) is -2.82. The van der Waals surface area contributed by atoms with Crippen LogP contribution in [-0.4, -0.2) is 81.1 Å². The largest absolute Gasteiger partial charge is 0.508 e. The normalized spacial score (nSPS) is 14.8. The van der Waals surface area contributed by atoms with E-state index < -0.39 is 72.2 Å². The number of aliphatic hydroxyl groups is 1. The van der Waals surface area contributed by atoms with Crippen LogP contribution in [0.1, 0.15) is 31.7 Å². The molecule has 0 saturated heterocycles. The minimum absolute atomic E-state index is 0.0163. The number of aliphatic hydroxyl groups excluding tert-OH is 1. The molecule has 5 unspecified atom stereocenters. The Kier molecular flexibility index (Phi) is 11.9. The van der Waals surface area contributed by atoms with Gasteiger partial charge in [-0.3, -0.25) is 24.0 Å². The Hall–Kier alpha value is -4.24. The lowest BCUT2D eigenvalue weighted by Gasteiger charge is -2.25. The van der Waals surface area contributed by atoms with Crippen LogP contribution in [0.2, 0.25) is 0 Å². The van der Waals surface area contributed by atoms with Crippen molar-refractivity contribution in [1.82, 2.24) is 16.0 Å². The first-order chi connectivity index (χ1) is 17.2. The van der Waals surface area contributed by atoms with Crippen LogP contribution in [0.5, 0.6) is 5.75 Å². The smallest absolute Gasteiger partial charge is 0.328 e. The number of aromatic hydroxyl groups is 1. The van der Waals surface area contributed by atoms with Gasteiger partial charge in [-0.05, 0) is 37.5 Å². The summed E-state index contributed by atoms with van der Waals surface area (Å²) in [6.45, 7) is 1.11.